The van der Waals surface area contributed by atoms with Crippen LogP contribution in [0.1, 0.15) is 91.2 Å². The first-order chi connectivity index (χ1) is 17.4. The number of hydrogen-bond acceptors (Lipinski definition) is 5. The molecule has 0 unspecified atom stereocenters. The molecule has 0 heterocycles. The Balaban J connectivity index is 2.74. The van der Waals surface area contributed by atoms with Crippen LogP contribution in [0.4, 0.5) is 0 Å². The summed E-state index contributed by atoms with van der Waals surface area (Å²) in [6.45, 7) is 12.7. The third-order valence-corrected chi connectivity index (χ3v) is 5.70. The lowest BCUT2D eigenvalue weighted by Gasteiger charge is -2.13. The second-order valence-electron chi connectivity index (χ2n) is 9.65. The third kappa shape index (κ3) is 13.5. The molecule has 0 aliphatic heterocycles. The Morgan fingerprint density at radius 2 is 1.32 bits per heavy atom. The molecule has 6 nitrogen and oxygen atoms in total. The number of carbonyl (C=O) groups excluding carboxylic acids is 2. The van der Waals surface area contributed by atoms with Gasteiger partial charge in [0.25, 0.3) is 0 Å². The summed E-state index contributed by atoms with van der Waals surface area (Å²) in [7, 11) is 0. The molecule has 0 radical (unpaired) electrons. The highest BCUT2D eigenvalue weighted by atomic mass is 16.5. The van der Waals surface area contributed by atoms with Gasteiger partial charge in [-0.3, -0.25) is 9.59 Å². The van der Waals surface area contributed by atoms with Crippen LogP contribution < -0.4 is 9.47 Å². The van der Waals surface area contributed by atoms with E-state index in [4.69, 9.17) is 9.47 Å². The van der Waals surface area contributed by atoms with E-state index in [1.807, 2.05) is 26.8 Å². The van der Waals surface area contributed by atoms with Gasteiger partial charge in [0.15, 0.2) is 0 Å². The van der Waals surface area contributed by atoms with E-state index in [1.54, 1.807) is 12.1 Å². The van der Waals surface area contributed by atoms with Crippen LogP contribution in [0.5, 0.6) is 11.5 Å². The summed E-state index contributed by atoms with van der Waals surface area (Å²) in [6.07, 6.45) is 13.3. The van der Waals surface area contributed by atoms with Crippen molar-refractivity contribution >= 4 is 17.9 Å². The minimum absolute atomic E-state index is 0.399. The van der Waals surface area contributed by atoms with E-state index in [-0.39, 0.29) is 0 Å². The smallest absolute Gasteiger partial charge is 0.331 e. The number of aryl methyl sites for hydroxylation is 1. The lowest BCUT2D eigenvalue weighted by molar-refractivity contribution is -0.133. The monoisotopic (exact) mass is 510 g/mol. The van der Waals surface area contributed by atoms with Crippen LogP contribution >= 0.6 is 0 Å². The van der Waals surface area contributed by atoms with Gasteiger partial charge in [-0.2, -0.15) is 0 Å². The molecule has 0 saturated heterocycles. The van der Waals surface area contributed by atoms with Gasteiger partial charge in [0.1, 0.15) is 11.5 Å². The maximum atomic E-state index is 11.6. The van der Waals surface area contributed by atoms with Crippen molar-refractivity contribution < 1.29 is 29.0 Å². The summed E-state index contributed by atoms with van der Waals surface area (Å²) < 4.78 is 10.7. The molecule has 0 aromatic heterocycles. The number of aliphatic carboxylic acids is 1. The van der Waals surface area contributed by atoms with Gasteiger partial charge in [0.2, 0.25) is 0 Å². The Bertz CT molecular complexity index is 1080. The van der Waals surface area contributed by atoms with Crippen LogP contribution in [0.25, 0.3) is 0 Å². The summed E-state index contributed by atoms with van der Waals surface area (Å²) in [5.74, 6) is -0.715. The van der Waals surface area contributed by atoms with Crippen LogP contribution in [0.3, 0.4) is 0 Å². The largest absolute Gasteiger partial charge is 0.478 e. The summed E-state index contributed by atoms with van der Waals surface area (Å²) in [5.41, 5.74) is 5.61. The standard InChI is InChI=1S/C31H42O6/c1-21(2)11-8-15-27(31(34)35)16-10-14-22(3)12-9-13-23(4)17-18-28-20-29(36-25(6)32)19-24(5)30(28)37-26(7)33/h11-12,16-17,19-20H,8-10,13-15,18H2,1-7H3,(H,34,35)/b22-12+,23-17+,27-16+. The fourth-order valence-corrected chi connectivity index (χ4v) is 3.80. The van der Waals surface area contributed by atoms with E-state index >= 15 is 0 Å². The molecule has 1 N–H and O–H groups in total. The van der Waals surface area contributed by atoms with Crippen molar-refractivity contribution in [1.82, 2.24) is 0 Å². The van der Waals surface area contributed by atoms with Crippen LogP contribution in [0, 0.1) is 6.92 Å². The summed E-state index contributed by atoms with van der Waals surface area (Å²) in [5, 5.41) is 9.41. The average Bonchev–Trinajstić information content (AvgIpc) is 2.77. The Hall–Kier alpha value is -3.41. The SMILES string of the molecule is CC(=O)Oc1cc(C)c(OC(C)=O)c(C/C=C(\C)CC/C=C(\C)CC/C=C(\CCC=C(C)C)C(=O)O)c1. The van der Waals surface area contributed by atoms with Crippen molar-refractivity contribution in [1.29, 1.82) is 0 Å². The number of carbonyl (C=O) groups is 3. The molecule has 0 fully saturated rings. The highest BCUT2D eigenvalue weighted by Crippen LogP contribution is 2.30. The van der Waals surface area contributed by atoms with Crippen molar-refractivity contribution in [3.63, 3.8) is 0 Å². The van der Waals surface area contributed by atoms with E-state index in [9.17, 15) is 19.5 Å². The number of rotatable bonds is 14. The average molecular weight is 511 g/mol. The second kappa shape index (κ2) is 16.4. The summed E-state index contributed by atoms with van der Waals surface area (Å²) >= 11 is 0. The molecule has 0 atom stereocenters. The van der Waals surface area contributed by atoms with Crippen molar-refractivity contribution in [2.75, 3.05) is 0 Å². The van der Waals surface area contributed by atoms with Crippen molar-refractivity contribution in [2.45, 2.75) is 93.4 Å². The molecule has 37 heavy (non-hydrogen) atoms. The first-order valence-electron chi connectivity index (χ1n) is 12.8. The van der Waals surface area contributed by atoms with Crippen molar-refractivity contribution in [3.8, 4) is 11.5 Å². The lowest BCUT2D eigenvalue weighted by Crippen LogP contribution is -2.07. The normalized spacial score (nSPS) is 12.2. The highest BCUT2D eigenvalue weighted by Gasteiger charge is 2.13. The van der Waals surface area contributed by atoms with Crippen LogP contribution in [0.15, 0.2) is 58.7 Å². The molecule has 1 aromatic rings. The number of carboxylic acids is 1. The molecule has 202 valence electrons. The molecule has 6 heteroatoms. The van der Waals surface area contributed by atoms with E-state index < -0.39 is 17.9 Å². The van der Waals surface area contributed by atoms with Gasteiger partial charge in [-0.1, -0.05) is 41.0 Å². The molecule has 0 aliphatic carbocycles. The minimum atomic E-state index is -0.838. The van der Waals surface area contributed by atoms with Crippen molar-refractivity contribution in [3.05, 3.63) is 69.9 Å². The number of allylic oxidation sites excluding steroid dienone is 7. The van der Waals surface area contributed by atoms with E-state index in [1.165, 1.54) is 30.6 Å². The molecule has 0 spiro atoms. The molecule has 0 bridgehead atoms. The number of hydrogen-bond donors (Lipinski definition) is 1. The Kier molecular flexibility index (Phi) is 14.0. The van der Waals surface area contributed by atoms with E-state index in [0.717, 1.165) is 36.8 Å². The maximum Gasteiger partial charge on any atom is 0.331 e. The second-order valence-corrected chi connectivity index (χ2v) is 9.65. The molecule has 0 amide bonds. The fraction of sp³-hybridized carbons (Fsp3) is 0.452. The molecule has 0 aliphatic rings. The third-order valence-electron chi connectivity index (χ3n) is 5.70. The molecule has 1 rings (SSSR count). The molecular weight excluding hydrogens is 468 g/mol. The number of carboxylic acid groups (broad SMARTS) is 1. The Morgan fingerprint density at radius 1 is 0.757 bits per heavy atom. The highest BCUT2D eigenvalue weighted by molar-refractivity contribution is 5.86. The van der Waals surface area contributed by atoms with Gasteiger partial charge in [0.05, 0.1) is 0 Å². The summed E-state index contributed by atoms with van der Waals surface area (Å²) in [6, 6.07) is 3.42. The number of esters is 2. The Morgan fingerprint density at radius 3 is 1.89 bits per heavy atom. The van der Waals surface area contributed by atoms with Gasteiger partial charge in [-0.15, -0.1) is 0 Å². The topological polar surface area (TPSA) is 89.9 Å². The van der Waals surface area contributed by atoms with Crippen LogP contribution in [-0.2, 0) is 20.8 Å². The van der Waals surface area contributed by atoms with Gasteiger partial charge in [-0.25, -0.2) is 4.79 Å². The quantitative estimate of drug-likeness (QED) is 0.120. The lowest BCUT2D eigenvalue weighted by atomic mass is 10.0. The van der Waals surface area contributed by atoms with Gasteiger partial charge in [-0.05, 0) is 97.3 Å². The van der Waals surface area contributed by atoms with Gasteiger partial charge >= 0.3 is 17.9 Å². The zero-order valence-corrected chi connectivity index (χ0v) is 23.4. The van der Waals surface area contributed by atoms with Gasteiger partial charge in [0, 0.05) is 25.0 Å². The summed E-state index contributed by atoms with van der Waals surface area (Å²) in [4.78, 5) is 34.4. The molecule has 0 saturated carbocycles. The van der Waals surface area contributed by atoms with Crippen LogP contribution in [-0.4, -0.2) is 23.0 Å². The zero-order valence-electron chi connectivity index (χ0n) is 23.4. The van der Waals surface area contributed by atoms with Crippen molar-refractivity contribution in [2.24, 2.45) is 0 Å². The van der Waals surface area contributed by atoms with E-state index in [0.29, 0.717) is 36.3 Å². The first kappa shape index (κ1) is 31.6. The van der Waals surface area contributed by atoms with Gasteiger partial charge < -0.3 is 14.6 Å². The fourth-order valence-electron chi connectivity index (χ4n) is 3.80. The van der Waals surface area contributed by atoms with E-state index in [2.05, 4.69) is 32.1 Å². The minimum Gasteiger partial charge on any atom is -0.478 e. The molecular formula is C31H42O6. The molecule has 1 aromatic carbocycles. The predicted octanol–water partition coefficient (Wildman–Crippen LogP) is 7.60. The number of ether oxygens (including phenoxy) is 2. The van der Waals surface area contributed by atoms with Crippen LogP contribution in [0.2, 0.25) is 0 Å². The predicted molar refractivity (Wildman–Crippen MR) is 148 cm³/mol. The number of benzene rings is 1. The Labute approximate surface area is 221 Å². The first-order valence-corrected chi connectivity index (χ1v) is 12.8. The zero-order chi connectivity index (χ0) is 28.0. The maximum absolute atomic E-state index is 11.6.